The third-order valence-electron chi connectivity index (χ3n) is 2.76. The van der Waals surface area contributed by atoms with Crippen LogP contribution in [0.5, 0.6) is 0 Å². The molecule has 0 radical (unpaired) electrons. The van der Waals surface area contributed by atoms with Gasteiger partial charge in [0.25, 0.3) is 0 Å². The van der Waals surface area contributed by atoms with Crippen LogP contribution in [-0.2, 0) is 32.5 Å². The van der Waals surface area contributed by atoms with Gasteiger partial charge in [0, 0.05) is 25.7 Å². The van der Waals surface area contributed by atoms with Gasteiger partial charge in [-0.25, -0.2) is 21.8 Å². The summed E-state index contributed by atoms with van der Waals surface area (Å²) in [6.07, 6.45) is 4.08. The minimum Gasteiger partial charge on any atom is -0.325 e. The zero-order chi connectivity index (χ0) is 15.0. The quantitative estimate of drug-likeness (QED) is 0.833. The van der Waals surface area contributed by atoms with Crippen LogP contribution in [0.4, 0.5) is 0 Å². The molecule has 0 saturated heterocycles. The number of sulfone groups is 2. The summed E-state index contributed by atoms with van der Waals surface area (Å²) in [5.74, 6) is -0.220. The fourth-order valence-electron chi connectivity index (χ4n) is 1.77. The molecule has 1 aromatic heterocycles. The third-order valence-corrected chi connectivity index (χ3v) is 5.55. The minimum absolute atomic E-state index is 0.00955. The van der Waals surface area contributed by atoms with Crippen LogP contribution >= 0.6 is 0 Å². The van der Waals surface area contributed by atoms with E-state index >= 15 is 0 Å². The molecule has 8 heteroatoms. The zero-order valence-corrected chi connectivity index (χ0v) is 12.6. The summed E-state index contributed by atoms with van der Waals surface area (Å²) in [5, 5.41) is -0.00955. The fourth-order valence-corrected chi connectivity index (χ4v) is 3.88. The highest BCUT2D eigenvalue weighted by Crippen LogP contribution is 2.16. The van der Waals surface area contributed by atoms with E-state index in [9.17, 15) is 16.8 Å². The predicted octanol–water partition coefficient (Wildman–Crippen LogP) is 0.797. The van der Waals surface area contributed by atoms with Crippen LogP contribution in [0, 0.1) is 0 Å². The maximum Gasteiger partial charge on any atom is 0.227 e. The van der Waals surface area contributed by atoms with Gasteiger partial charge in [-0.3, -0.25) is 0 Å². The molecular formula is C12H14N2O4S2. The van der Waals surface area contributed by atoms with Gasteiger partial charge in [-0.15, -0.1) is 0 Å². The van der Waals surface area contributed by atoms with E-state index in [0.717, 1.165) is 6.26 Å². The minimum atomic E-state index is -3.55. The predicted molar refractivity (Wildman–Crippen MR) is 73.6 cm³/mol. The summed E-state index contributed by atoms with van der Waals surface area (Å²) in [6, 6.07) is 5.80. The lowest BCUT2D eigenvalue weighted by Gasteiger charge is -2.05. The Morgan fingerprint density at radius 3 is 2.15 bits per heavy atom. The van der Waals surface area contributed by atoms with E-state index in [1.807, 2.05) is 0 Å². The van der Waals surface area contributed by atoms with Crippen molar-refractivity contribution in [1.29, 1.82) is 0 Å². The summed E-state index contributed by atoms with van der Waals surface area (Å²) in [5.41, 5.74) is 0.514. The molecule has 1 aromatic carbocycles. The summed E-state index contributed by atoms with van der Waals surface area (Å²) in [7, 11) is -5.22. The molecule has 0 unspecified atom stereocenters. The first-order valence-corrected chi connectivity index (χ1v) is 9.23. The Labute approximate surface area is 117 Å². The Balaban J connectivity index is 2.29. The smallest absolute Gasteiger partial charge is 0.227 e. The third kappa shape index (κ3) is 3.07. The number of benzene rings is 1. The molecule has 0 spiro atoms. The van der Waals surface area contributed by atoms with Gasteiger partial charge in [-0.1, -0.05) is 12.1 Å². The molecule has 0 aliphatic carbocycles. The standard InChI is InChI=1S/C12H14N2O4S2/c1-14-8-7-13-12(14)20(17,18)9-10-3-5-11(6-4-10)19(2,15)16/h3-8H,9H2,1-2H3. The van der Waals surface area contributed by atoms with E-state index in [0.29, 0.717) is 5.56 Å². The van der Waals surface area contributed by atoms with Crippen LogP contribution < -0.4 is 0 Å². The lowest BCUT2D eigenvalue weighted by molar-refractivity contribution is 0.578. The largest absolute Gasteiger partial charge is 0.325 e. The number of rotatable bonds is 4. The van der Waals surface area contributed by atoms with E-state index in [4.69, 9.17) is 0 Å². The number of nitrogens with zero attached hydrogens (tertiary/aromatic N) is 2. The Bertz CT molecular complexity index is 819. The molecular weight excluding hydrogens is 300 g/mol. The lowest BCUT2D eigenvalue weighted by Crippen LogP contribution is -2.11. The monoisotopic (exact) mass is 314 g/mol. The van der Waals surface area contributed by atoms with Crippen molar-refractivity contribution in [3.63, 3.8) is 0 Å². The molecule has 0 N–H and O–H groups in total. The van der Waals surface area contributed by atoms with E-state index < -0.39 is 19.7 Å². The van der Waals surface area contributed by atoms with Crippen molar-refractivity contribution >= 4 is 19.7 Å². The second-order valence-electron chi connectivity index (χ2n) is 4.50. The molecule has 0 atom stereocenters. The second-order valence-corrected chi connectivity index (χ2v) is 8.39. The van der Waals surface area contributed by atoms with Crippen LogP contribution in [0.2, 0.25) is 0 Å². The van der Waals surface area contributed by atoms with Crippen LogP contribution in [-0.4, -0.2) is 32.6 Å². The van der Waals surface area contributed by atoms with Crippen molar-refractivity contribution in [1.82, 2.24) is 9.55 Å². The van der Waals surface area contributed by atoms with Crippen molar-refractivity contribution in [2.45, 2.75) is 15.8 Å². The topological polar surface area (TPSA) is 86.1 Å². The number of hydrogen-bond donors (Lipinski definition) is 0. The second kappa shape index (κ2) is 5.02. The molecule has 0 fully saturated rings. The highest BCUT2D eigenvalue weighted by atomic mass is 32.2. The van der Waals surface area contributed by atoms with E-state index in [1.165, 1.54) is 35.0 Å². The van der Waals surface area contributed by atoms with Crippen molar-refractivity contribution in [2.75, 3.05) is 6.26 Å². The normalized spacial score (nSPS) is 12.5. The summed E-state index contributed by atoms with van der Waals surface area (Å²) < 4.78 is 48.4. The summed E-state index contributed by atoms with van der Waals surface area (Å²) in [6.45, 7) is 0. The molecule has 0 bridgehead atoms. The first-order valence-electron chi connectivity index (χ1n) is 5.69. The van der Waals surface area contributed by atoms with Crippen molar-refractivity contribution in [3.8, 4) is 0 Å². The van der Waals surface area contributed by atoms with E-state index in [-0.39, 0.29) is 15.8 Å². The molecule has 2 aromatic rings. The first kappa shape index (κ1) is 14.7. The fraction of sp³-hybridized carbons (Fsp3) is 0.250. The van der Waals surface area contributed by atoms with Gasteiger partial charge in [0.1, 0.15) is 0 Å². The average Bonchev–Trinajstić information content (AvgIpc) is 2.75. The highest BCUT2D eigenvalue weighted by molar-refractivity contribution is 7.91. The van der Waals surface area contributed by atoms with Crippen LogP contribution in [0.3, 0.4) is 0 Å². The summed E-state index contributed by atoms with van der Waals surface area (Å²) in [4.78, 5) is 3.98. The molecule has 0 aliphatic heterocycles. The number of aryl methyl sites for hydroxylation is 1. The Morgan fingerprint density at radius 2 is 1.70 bits per heavy atom. The maximum atomic E-state index is 12.2. The molecule has 0 aliphatic rings. The molecule has 0 amide bonds. The summed E-state index contributed by atoms with van der Waals surface area (Å²) >= 11 is 0. The first-order chi connectivity index (χ1) is 9.20. The van der Waals surface area contributed by atoms with Crippen molar-refractivity contribution in [2.24, 2.45) is 7.05 Å². The number of aromatic nitrogens is 2. The molecule has 108 valence electrons. The van der Waals surface area contributed by atoms with Gasteiger partial charge in [0.05, 0.1) is 10.6 Å². The number of hydrogen-bond acceptors (Lipinski definition) is 5. The zero-order valence-electron chi connectivity index (χ0n) is 11.0. The van der Waals surface area contributed by atoms with E-state index in [1.54, 1.807) is 13.2 Å². The van der Waals surface area contributed by atoms with Crippen LogP contribution in [0.15, 0.2) is 46.7 Å². The molecule has 20 heavy (non-hydrogen) atoms. The van der Waals surface area contributed by atoms with Crippen LogP contribution in [0.1, 0.15) is 5.56 Å². The average molecular weight is 314 g/mol. The van der Waals surface area contributed by atoms with Gasteiger partial charge in [-0.05, 0) is 17.7 Å². The molecule has 0 saturated carbocycles. The maximum absolute atomic E-state index is 12.2. The molecule has 1 heterocycles. The van der Waals surface area contributed by atoms with Gasteiger partial charge in [0.2, 0.25) is 15.0 Å². The number of imidazole rings is 1. The van der Waals surface area contributed by atoms with Crippen molar-refractivity contribution in [3.05, 3.63) is 42.2 Å². The van der Waals surface area contributed by atoms with E-state index in [2.05, 4.69) is 4.98 Å². The highest BCUT2D eigenvalue weighted by Gasteiger charge is 2.20. The SMILES string of the molecule is Cn1ccnc1S(=O)(=O)Cc1ccc(S(C)(=O)=O)cc1. The molecule has 2 rings (SSSR count). The van der Waals surface area contributed by atoms with Gasteiger partial charge < -0.3 is 4.57 Å². The van der Waals surface area contributed by atoms with Crippen LogP contribution in [0.25, 0.3) is 0 Å². The molecule has 6 nitrogen and oxygen atoms in total. The Hall–Kier alpha value is -1.67. The van der Waals surface area contributed by atoms with Gasteiger partial charge in [-0.2, -0.15) is 0 Å². The Morgan fingerprint density at radius 1 is 1.10 bits per heavy atom. The van der Waals surface area contributed by atoms with Crippen molar-refractivity contribution < 1.29 is 16.8 Å². The van der Waals surface area contributed by atoms with Gasteiger partial charge >= 0.3 is 0 Å². The lowest BCUT2D eigenvalue weighted by atomic mass is 10.2. The Kier molecular flexibility index (Phi) is 3.70. The van der Waals surface area contributed by atoms with Gasteiger partial charge in [0.15, 0.2) is 9.84 Å².